The van der Waals surface area contributed by atoms with Gasteiger partial charge in [-0.1, -0.05) is 91.0 Å². The minimum atomic E-state index is 0.0287. The molecule has 0 aliphatic carbocycles. The van der Waals surface area contributed by atoms with Crippen molar-refractivity contribution < 1.29 is 0 Å². The van der Waals surface area contributed by atoms with Crippen LogP contribution >= 0.6 is 22.7 Å². The molecule has 0 bridgehead atoms. The Balaban J connectivity index is 1.21. The van der Waals surface area contributed by atoms with Crippen molar-refractivity contribution in [3.63, 3.8) is 0 Å². The van der Waals surface area contributed by atoms with Crippen LogP contribution in [0, 0.1) is 0 Å². The van der Waals surface area contributed by atoms with E-state index in [1.807, 2.05) is 45.3 Å². The Hall–Kier alpha value is -5.55. The van der Waals surface area contributed by atoms with E-state index in [1.165, 1.54) is 40.3 Å². The highest BCUT2D eigenvalue weighted by Crippen LogP contribution is 2.43. The van der Waals surface area contributed by atoms with E-state index in [0.29, 0.717) is 0 Å². The molecule has 0 aliphatic rings. The van der Waals surface area contributed by atoms with Gasteiger partial charge in [0.05, 0.1) is 11.0 Å². The molecule has 2 nitrogen and oxygen atoms in total. The zero-order chi connectivity index (χ0) is 30.8. The average molecular weight is 634 g/mol. The molecule has 0 amide bonds. The van der Waals surface area contributed by atoms with E-state index in [4.69, 9.17) is 0 Å². The number of hydrogen-bond acceptors (Lipinski definition) is 3. The Morgan fingerprint density at radius 3 is 1.66 bits per heavy atom. The highest BCUT2D eigenvalue weighted by molar-refractivity contribution is 7.26. The van der Waals surface area contributed by atoms with E-state index >= 15 is 0 Å². The molecule has 11 rings (SSSR count). The third-order valence-electron chi connectivity index (χ3n) is 9.96. The van der Waals surface area contributed by atoms with Gasteiger partial charge in [0.2, 0.25) is 0 Å². The van der Waals surface area contributed by atoms with Gasteiger partial charge in [0.1, 0.15) is 0 Å². The zero-order valence-corrected chi connectivity index (χ0v) is 26.6. The first kappa shape index (κ1) is 25.6. The van der Waals surface area contributed by atoms with E-state index in [-0.39, 0.29) is 5.56 Å². The third-order valence-corrected chi connectivity index (χ3v) is 12.3. The number of pyridine rings is 1. The smallest absolute Gasteiger partial charge is 0.263 e. The molecule has 0 saturated carbocycles. The van der Waals surface area contributed by atoms with Crippen molar-refractivity contribution in [1.82, 2.24) is 4.40 Å². The molecule has 0 spiro atoms. The van der Waals surface area contributed by atoms with Crippen LogP contribution in [-0.2, 0) is 0 Å². The molecule has 218 valence electrons. The maximum atomic E-state index is 14.4. The molecule has 7 aromatic carbocycles. The van der Waals surface area contributed by atoms with Crippen molar-refractivity contribution in [3.8, 4) is 22.3 Å². The molecule has 4 heterocycles. The summed E-state index contributed by atoms with van der Waals surface area (Å²) < 4.78 is 7.16. The van der Waals surface area contributed by atoms with E-state index < -0.39 is 0 Å². The second-order valence-electron chi connectivity index (χ2n) is 12.4. The summed E-state index contributed by atoms with van der Waals surface area (Å²) >= 11 is 3.67. The minimum Gasteiger partial charge on any atom is -0.275 e. The summed E-state index contributed by atoms with van der Waals surface area (Å²) in [5.41, 5.74) is 6.54. The van der Waals surface area contributed by atoms with E-state index in [2.05, 4.69) is 121 Å². The van der Waals surface area contributed by atoms with Crippen molar-refractivity contribution in [2.24, 2.45) is 0 Å². The second-order valence-corrected chi connectivity index (χ2v) is 14.6. The van der Waals surface area contributed by atoms with Crippen molar-refractivity contribution in [2.45, 2.75) is 0 Å². The predicted molar refractivity (Wildman–Crippen MR) is 204 cm³/mol. The summed E-state index contributed by atoms with van der Waals surface area (Å²) in [5.74, 6) is 0. The van der Waals surface area contributed by atoms with Crippen LogP contribution in [0.3, 0.4) is 0 Å². The van der Waals surface area contributed by atoms with Gasteiger partial charge in [0, 0.05) is 61.9 Å². The summed E-state index contributed by atoms with van der Waals surface area (Å²) in [5, 5.41) is 10.2. The molecule has 0 radical (unpaired) electrons. The maximum absolute atomic E-state index is 14.4. The molecule has 47 heavy (non-hydrogen) atoms. The number of hydrogen-bond donors (Lipinski definition) is 0. The van der Waals surface area contributed by atoms with Crippen molar-refractivity contribution >= 4 is 101 Å². The van der Waals surface area contributed by atoms with Gasteiger partial charge in [-0.25, -0.2) is 0 Å². The number of nitrogens with zero attached hydrogens (tertiary/aromatic N) is 1. The summed E-state index contributed by atoms with van der Waals surface area (Å²) in [6, 6.07) is 50.0. The lowest BCUT2D eigenvalue weighted by molar-refractivity contribution is 1.21. The molecular weight excluding hydrogens is 611 g/mol. The standard InChI is InChI=1S/C43H23NOS2/c45-43-33-10-2-1-9-31(33)41-27(26-15-20-40-35(22-26)30-8-4-6-12-38(30)47-40)17-18-32-28-16-13-25(23-36(28)44(43)42(32)41)24-14-19-39-34(21-24)29-7-3-5-11-37(29)46-39/h1-23H. The molecule has 0 fully saturated rings. The first-order chi connectivity index (χ1) is 23.2. The van der Waals surface area contributed by atoms with E-state index in [9.17, 15) is 4.79 Å². The number of thiophene rings is 2. The van der Waals surface area contributed by atoms with Crippen LogP contribution in [0.1, 0.15) is 0 Å². The van der Waals surface area contributed by atoms with Crippen LogP contribution in [0.25, 0.3) is 101 Å². The fourth-order valence-electron chi connectivity index (χ4n) is 7.82. The van der Waals surface area contributed by atoms with Gasteiger partial charge in [-0.05, 0) is 76.2 Å². The Labute approximate surface area is 276 Å². The van der Waals surface area contributed by atoms with Gasteiger partial charge < -0.3 is 0 Å². The fourth-order valence-corrected chi connectivity index (χ4v) is 9.99. The lowest BCUT2D eigenvalue weighted by Crippen LogP contribution is -2.13. The highest BCUT2D eigenvalue weighted by atomic mass is 32.1. The second kappa shape index (κ2) is 9.26. The number of aromatic nitrogens is 1. The van der Waals surface area contributed by atoms with Gasteiger partial charge in [-0.15, -0.1) is 22.7 Å². The molecule has 0 unspecified atom stereocenters. The third kappa shape index (κ3) is 3.46. The molecule has 0 atom stereocenters. The average Bonchev–Trinajstić information content (AvgIpc) is 3.79. The van der Waals surface area contributed by atoms with Crippen LogP contribution < -0.4 is 5.56 Å². The molecule has 0 saturated heterocycles. The Morgan fingerprint density at radius 1 is 0.404 bits per heavy atom. The van der Waals surface area contributed by atoms with Crippen LogP contribution in [0.2, 0.25) is 0 Å². The lowest BCUT2D eigenvalue weighted by Gasteiger charge is -2.12. The summed E-state index contributed by atoms with van der Waals surface area (Å²) in [4.78, 5) is 14.4. The Morgan fingerprint density at radius 2 is 0.936 bits per heavy atom. The Bertz CT molecular complexity index is 3160. The summed E-state index contributed by atoms with van der Waals surface area (Å²) in [7, 11) is 0. The van der Waals surface area contributed by atoms with Crippen molar-refractivity contribution in [1.29, 1.82) is 0 Å². The van der Waals surface area contributed by atoms with Gasteiger partial charge in [0.15, 0.2) is 0 Å². The SMILES string of the molecule is O=c1c2ccccc2c2c(-c3ccc4sc5ccccc5c4c3)ccc3c4ccc(-c5ccc6sc7ccccc7c6c5)cc4n1c32. The molecule has 4 aromatic heterocycles. The van der Waals surface area contributed by atoms with Crippen LogP contribution in [0.4, 0.5) is 0 Å². The first-order valence-corrected chi connectivity index (χ1v) is 17.4. The fraction of sp³-hybridized carbons (Fsp3) is 0. The largest absolute Gasteiger partial charge is 0.275 e. The first-order valence-electron chi connectivity index (χ1n) is 15.8. The van der Waals surface area contributed by atoms with Crippen LogP contribution in [0.15, 0.2) is 144 Å². The van der Waals surface area contributed by atoms with Crippen LogP contribution in [0.5, 0.6) is 0 Å². The number of rotatable bonds is 2. The molecule has 0 aliphatic heterocycles. The number of benzene rings is 7. The lowest BCUT2D eigenvalue weighted by atomic mass is 9.94. The minimum absolute atomic E-state index is 0.0287. The molecule has 4 heteroatoms. The van der Waals surface area contributed by atoms with E-state index in [1.54, 1.807) is 0 Å². The van der Waals surface area contributed by atoms with Gasteiger partial charge in [-0.2, -0.15) is 0 Å². The molecular formula is C43H23NOS2. The predicted octanol–water partition coefficient (Wildman–Crippen LogP) is 12.3. The summed E-state index contributed by atoms with van der Waals surface area (Å²) in [6.07, 6.45) is 0. The summed E-state index contributed by atoms with van der Waals surface area (Å²) in [6.45, 7) is 0. The van der Waals surface area contributed by atoms with Gasteiger partial charge in [0.25, 0.3) is 5.56 Å². The van der Waals surface area contributed by atoms with Crippen molar-refractivity contribution in [2.75, 3.05) is 0 Å². The van der Waals surface area contributed by atoms with Gasteiger partial charge >= 0.3 is 0 Å². The number of fused-ring (bicyclic) bond motifs is 11. The topological polar surface area (TPSA) is 21.5 Å². The Kier molecular flexibility index (Phi) is 5.05. The normalized spacial score (nSPS) is 12.3. The highest BCUT2D eigenvalue weighted by Gasteiger charge is 2.21. The van der Waals surface area contributed by atoms with E-state index in [0.717, 1.165) is 60.2 Å². The van der Waals surface area contributed by atoms with Crippen LogP contribution in [-0.4, -0.2) is 4.40 Å². The zero-order valence-electron chi connectivity index (χ0n) is 25.0. The van der Waals surface area contributed by atoms with Gasteiger partial charge in [-0.3, -0.25) is 9.20 Å². The molecule has 11 aromatic rings. The maximum Gasteiger partial charge on any atom is 0.263 e. The molecule has 0 N–H and O–H groups in total. The monoisotopic (exact) mass is 633 g/mol. The quantitative estimate of drug-likeness (QED) is 0.174. The van der Waals surface area contributed by atoms with Crippen molar-refractivity contribution in [3.05, 3.63) is 150 Å².